The van der Waals surface area contributed by atoms with Crippen molar-refractivity contribution >= 4 is 12.6 Å². The molecule has 0 aromatic heterocycles. The molecule has 0 radical (unpaired) electrons. The van der Waals surface area contributed by atoms with Crippen molar-refractivity contribution in [1.82, 2.24) is 0 Å². The van der Waals surface area contributed by atoms with Crippen LogP contribution in [0.5, 0.6) is 0 Å². The summed E-state index contributed by atoms with van der Waals surface area (Å²) in [4.78, 5) is 0. The largest absolute Gasteiger partial charge is 0.494 e. The van der Waals surface area contributed by atoms with Crippen molar-refractivity contribution in [2.24, 2.45) is 0 Å². The molecule has 0 saturated carbocycles. The van der Waals surface area contributed by atoms with Crippen LogP contribution in [0, 0.1) is 5.82 Å². The molecule has 20 heavy (non-hydrogen) atoms. The second kappa shape index (κ2) is 4.46. The molecule has 0 spiro atoms. The van der Waals surface area contributed by atoms with Crippen molar-refractivity contribution in [3.05, 3.63) is 29.6 Å². The lowest BCUT2D eigenvalue weighted by Crippen LogP contribution is -2.41. The lowest BCUT2D eigenvalue weighted by atomic mass is 9.78. The lowest BCUT2D eigenvalue weighted by Gasteiger charge is -2.32. The van der Waals surface area contributed by atoms with Gasteiger partial charge in [-0.25, -0.2) is 4.39 Å². The van der Waals surface area contributed by atoms with E-state index in [1.54, 1.807) is 27.7 Å². The van der Waals surface area contributed by atoms with E-state index >= 15 is 0 Å². The summed E-state index contributed by atoms with van der Waals surface area (Å²) in [5.41, 5.74) is -2.96. The highest BCUT2D eigenvalue weighted by Gasteiger charge is 2.52. The van der Waals surface area contributed by atoms with Crippen LogP contribution in [0.2, 0.25) is 0 Å². The molecule has 1 aromatic rings. The highest BCUT2D eigenvalue weighted by molar-refractivity contribution is 6.62. The number of hydrogen-bond acceptors (Lipinski definition) is 2. The van der Waals surface area contributed by atoms with Crippen LogP contribution in [0.25, 0.3) is 0 Å². The van der Waals surface area contributed by atoms with Gasteiger partial charge in [0.2, 0.25) is 0 Å². The summed E-state index contributed by atoms with van der Waals surface area (Å²) in [5.74, 6) is -1.62. The minimum Gasteiger partial charge on any atom is -0.399 e. The van der Waals surface area contributed by atoms with Gasteiger partial charge in [-0.15, -0.1) is 0 Å². The van der Waals surface area contributed by atoms with Crippen LogP contribution >= 0.6 is 0 Å². The third-order valence-corrected chi connectivity index (χ3v) is 3.73. The topological polar surface area (TPSA) is 18.5 Å². The third-order valence-electron chi connectivity index (χ3n) is 3.73. The number of benzene rings is 1. The zero-order chi connectivity index (χ0) is 16.2. The Balaban J connectivity index is 2.43. The molecule has 7 heteroatoms. The first-order valence-electron chi connectivity index (χ1n) is 6.58. The van der Waals surface area contributed by atoms with E-state index in [1.165, 1.54) is 0 Å². The number of halogens is 4. The van der Waals surface area contributed by atoms with Gasteiger partial charge in [-0.2, -0.15) is 13.2 Å². The van der Waals surface area contributed by atoms with E-state index in [9.17, 15) is 17.6 Å². The van der Waals surface area contributed by atoms with Crippen molar-refractivity contribution in [3.8, 4) is 0 Å². The molecule has 1 fully saturated rings. The second-order valence-electron chi connectivity index (χ2n) is 5.73. The number of alkyl halides is 3. The fraction of sp³-hybridized carbons (Fsp3) is 0.538. The maximum Gasteiger partial charge on any atom is 0.494 e. The van der Waals surface area contributed by atoms with E-state index in [0.29, 0.717) is 6.07 Å². The molecule has 1 saturated heterocycles. The minimum atomic E-state index is -4.84. The van der Waals surface area contributed by atoms with Crippen LogP contribution in [0.4, 0.5) is 17.6 Å². The molecule has 2 nitrogen and oxygen atoms in total. The molecule has 0 unspecified atom stereocenters. The average Bonchev–Trinajstić information content (AvgIpc) is 2.50. The molecule has 0 bridgehead atoms. The molecular weight excluding hydrogens is 275 g/mol. The summed E-state index contributed by atoms with van der Waals surface area (Å²) in [5, 5.41) is 0. The molecular formula is C13H15BF4O2. The fourth-order valence-electron chi connectivity index (χ4n) is 1.81. The van der Waals surface area contributed by atoms with Gasteiger partial charge < -0.3 is 9.31 Å². The number of rotatable bonds is 1. The van der Waals surface area contributed by atoms with Crippen LogP contribution in [-0.4, -0.2) is 18.3 Å². The Morgan fingerprint density at radius 3 is 2.05 bits per heavy atom. The first kappa shape index (κ1) is 13.9. The summed E-state index contributed by atoms with van der Waals surface area (Å²) in [7, 11) is -1.07. The van der Waals surface area contributed by atoms with Gasteiger partial charge in [0.05, 0.1) is 18.1 Å². The summed E-state index contributed by atoms with van der Waals surface area (Å²) in [6.07, 6.45) is -4.84. The predicted molar refractivity (Wildman–Crippen MR) is 67.1 cm³/mol. The van der Waals surface area contributed by atoms with Crippen LogP contribution in [0.15, 0.2) is 18.2 Å². The van der Waals surface area contributed by atoms with E-state index in [1.807, 2.05) is 0 Å². The van der Waals surface area contributed by atoms with E-state index in [2.05, 4.69) is 0 Å². The Hall–Kier alpha value is -1.08. The minimum absolute atomic E-state index is 0.0563. The molecule has 0 N–H and O–H groups in total. The van der Waals surface area contributed by atoms with Crippen LogP contribution in [0.1, 0.15) is 34.6 Å². The molecule has 0 atom stereocenters. The quantitative estimate of drug-likeness (QED) is 0.584. The van der Waals surface area contributed by atoms with Gasteiger partial charge in [0.15, 0.2) is 0 Å². The molecule has 1 aliphatic heterocycles. The summed E-state index contributed by atoms with van der Waals surface area (Å²) >= 11 is 0. The molecule has 2 rings (SSSR count). The van der Waals surface area contributed by atoms with E-state index < -0.39 is 41.9 Å². The van der Waals surface area contributed by atoms with Gasteiger partial charge in [0.25, 0.3) is 0 Å². The second-order valence-corrected chi connectivity index (χ2v) is 5.73. The molecule has 0 aliphatic carbocycles. The van der Waals surface area contributed by atoms with Gasteiger partial charge in [-0.1, -0.05) is 6.07 Å². The third kappa shape index (κ3) is 2.56. The Labute approximate surface area is 116 Å². The SMILES string of the molecule is [2H]c1c(B2OC(C)(C)C(C)(C)O2)ccc(C(F)(F)F)c1F. The van der Waals surface area contributed by atoms with Crippen molar-refractivity contribution in [2.45, 2.75) is 45.1 Å². The smallest absolute Gasteiger partial charge is 0.399 e. The molecule has 0 amide bonds. The van der Waals surface area contributed by atoms with Crippen LogP contribution in [-0.2, 0) is 15.5 Å². The maximum atomic E-state index is 13.8. The molecule has 1 aliphatic rings. The van der Waals surface area contributed by atoms with Crippen LogP contribution < -0.4 is 5.46 Å². The Morgan fingerprint density at radius 2 is 1.60 bits per heavy atom. The van der Waals surface area contributed by atoms with Crippen molar-refractivity contribution in [1.29, 1.82) is 0 Å². The fourth-order valence-corrected chi connectivity index (χ4v) is 1.81. The summed E-state index contributed by atoms with van der Waals surface area (Å²) in [6.45, 7) is 7.04. The first-order chi connectivity index (χ1) is 9.37. The number of hydrogen-bond donors (Lipinski definition) is 0. The van der Waals surface area contributed by atoms with Gasteiger partial charge in [-0.05, 0) is 45.3 Å². The Kier molecular flexibility index (Phi) is 3.10. The van der Waals surface area contributed by atoms with E-state index in [-0.39, 0.29) is 5.46 Å². The van der Waals surface area contributed by atoms with Crippen LogP contribution in [0.3, 0.4) is 0 Å². The molecule has 1 heterocycles. The lowest BCUT2D eigenvalue weighted by molar-refractivity contribution is -0.139. The van der Waals surface area contributed by atoms with Gasteiger partial charge >= 0.3 is 13.3 Å². The van der Waals surface area contributed by atoms with Crippen molar-refractivity contribution in [3.63, 3.8) is 0 Å². The first-order valence-corrected chi connectivity index (χ1v) is 6.08. The zero-order valence-electron chi connectivity index (χ0n) is 12.6. The molecule has 110 valence electrons. The van der Waals surface area contributed by atoms with Gasteiger partial charge in [-0.3, -0.25) is 0 Å². The maximum absolute atomic E-state index is 13.8. The van der Waals surface area contributed by atoms with Crippen molar-refractivity contribution in [2.75, 3.05) is 0 Å². The zero-order valence-corrected chi connectivity index (χ0v) is 11.6. The Bertz CT molecular complexity index is 556. The standard InChI is InChI=1S/C13H15BF4O2/c1-11(2)12(3,4)20-14(19-11)8-5-6-9(10(15)7-8)13(16,17)18/h5-7H,1-4H3/i7D. The monoisotopic (exact) mass is 291 g/mol. The average molecular weight is 291 g/mol. The van der Waals surface area contributed by atoms with E-state index in [4.69, 9.17) is 10.7 Å². The molecule has 1 aromatic carbocycles. The summed E-state index contributed by atoms with van der Waals surface area (Å²) in [6, 6.07) is 0.771. The van der Waals surface area contributed by atoms with Gasteiger partial charge in [0.1, 0.15) is 5.82 Å². The van der Waals surface area contributed by atoms with Gasteiger partial charge in [0, 0.05) is 0 Å². The predicted octanol–water partition coefficient (Wildman–Crippen LogP) is 3.14. The highest BCUT2D eigenvalue weighted by Crippen LogP contribution is 2.37. The summed E-state index contributed by atoms with van der Waals surface area (Å²) < 4.78 is 70.4. The Morgan fingerprint density at radius 1 is 1.10 bits per heavy atom. The normalized spacial score (nSPS) is 22.0. The van der Waals surface area contributed by atoms with Crippen molar-refractivity contribution < 1.29 is 28.2 Å². The highest BCUT2D eigenvalue weighted by atomic mass is 19.4. The van der Waals surface area contributed by atoms with E-state index in [0.717, 1.165) is 6.07 Å².